The summed E-state index contributed by atoms with van der Waals surface area (Å²) in [4.78, 5) is 2.64. The molecule has 0 bridgehead atoms. The maximum atomic E-state index is 6.39. The highest BCUT2D eigenvalue weighted by Crippen LogP contribution is 2.31. The summed E-state index contributed by atoms with van der Waals surface area (Å²) in [6.07, 6.45) is 9.23. The van der Waals surface area contributed by atoms with E-state index in [0.717, 1.165) is 25.5 Å². The van der Waals surface area contributed by atoms with E-state index < -0.39 is 0 Å². The van der Waals surface area contributed by atoms with Crippen LogP contribution < -0.4 is 5.73 Å². The first kappa shape index (κ1) is 15.3. The van der Waals surface area contributed by atoms with Gasteiger partial charge in [-0.2, -0.15) is 0 Å². The molecule has 4 unspecified atom stereocenters. The lowest BCUT2D eigenvalue weighted by molar-refractivity contribution is -0.0240. The summed E-state index contributed by atoms with van der Waals surface area (Å²) >= 11 is 0. The zero-order chi connectivity index (χ0) is 13.7. The van der Waals surface area contributed by atoms with Crippen molar-refractivity contribution >= 4 is 0 Å². The van der Waals surface area contributed by atoms with Crippen LogP contribution in [0.25, 0.3) is 0 Å². The topological polar surface area (TPSA) is 38.5 Å². The van der Waals surface area contributed by atoms with Crippen LogP contribution in [-0.4, -0.2) is 42.8 Å². The molecule has 3 nitrogen and oxygen atoms in total. The number of ether oxygens (including phenoxy) is 1. The molecule has 0 aromatic heterocycles. The van der Waals surface area contributed by atoms with Crippen LogP contribution in [0.3, 0.4) is 0 Å². The van der Waals surface area contributed by atoms with Gasteiger partial charge in [0, 0.05) is 25.2 Å². The number of nitrogens with zero attached hydrogens (tertiary/aromatic N) is 1. The van der Waals surface area contributed by atoms with Crippen LogP contribution in [0.15, 0.2) is 0 Å². The molecule has 4 atom stereocenters. The van der Waals surface area contributed by atoms with Gasteiger partial charge in [-0.3, -0.25) is 4.90 Å². The molecule has 1 heterocycles. The zero-order valence-corrected chi connectivity index (χ0v) is 12.8. The van der Waals surface area contributed by atoms with Gasteiger partial charge in [-0.1, -0.05) is 20.3 Å². The molecular weight excluding hydrogens is 236 g/mol. The first-order valence-corrected chi connectivity index (χ1v) is 8.35. The van der Waals surface area contributed by atoms with Crippen molar-refractivity contribution in [3.05, 3.63) is 0 Å². The summed E-state index contributed by atoms with van der Waals surface area (Å²) in [7, 11) is 0. The van der Waals surface area contributed by atoms with Gasteiger partial charge in [0.1, 0.15) is 0 Å². The molecule has 112 valence electrons. The summed E-state index contributed by atoms with van der Waals surface area (Å²) in [5.41, 5.74) is 6.39. The summed E-state index contributed by atoms with van der Waals surface area (Å²) in [5, 5.41) is 0. The zero-order valence-electron chi connectivity index (χ0n) is 12.8. The first-order valence-electron chi connectivity index (χ1n) is 8.35. The smallest absolute Gasteiger partial charge is 0.0702 e. The Morgan fingerprint density at radius 3 is 2.79 bits per heavy atom. The highest BCUT2D eigenvalue weighted by molar-refractivity contribution is 4.91. The van der Waals surface area contributed by atoms with Gasteiger partial charge in [-0.05, 0) is 51.0 Å². The third-order valence-electron chi connectivity index (χ3n) is 4.99. The molecule has 0 aromatic carbocycles. The fraction of sp³-hybridized carbons (Fsp3) is 1.00. The Morgan fingerprint density at radius 1 is 1.21 bits per heavy atom. The van der Waals surface area contributed by atoms with Crippen molar-refractivity contribution < 1.29 is 4.74 Å². The first-order chi connectivity index (χ1) is 9.24. The third-order valence-corrected chi connectivity index (χ3v) is 4.99. The van der Waals surface area contributed by atoms with E-state index >= 15 is 0 Å². The largest absolute Gasteiger partial charge is 0.377 e. The Morgan fingerprint density at radius 2 is 2.05 bits per heavy atom. The molecular formula is C16H32N2O. The van der Waals surface area contributed by atoms with E-state index in [-0.39, 0.29) is 0 Å². The molecule has 1 saturated carbocycles. The quantitative estimate of drug-likeness (QED) is 0.833. The van der Waals surface area contributed by atoms with Crippen molar-refractivity contribution in [1.82, 2.24) is 4.90 Å². The molecule has 3 heteroatoms. The standard InChI is InChI=1S/C16H32N2O/c1-3-10-19-14-6-5-9-18(12-14)16-11-13(4-2)7-8-15(16)17/h13-16H,3-12,17H2,1-2H3. The van der Waals surface area contributed by atoms with Gasteiger partial charge in [-0.15, -0.1) is 0 Å². The van der Waals surface area contributed by atoms with Crippen molar-refractivity contribution in [1.29, 1.82) is 0 Å². The Kier molecular flexibility index (Phi) is 6.11. The lowest BCUT2D eigenvalue weighted by atomic mass is 9.80. The molecule has 19 heavy (non-hydrogen) atoms. The second-order valence-corrected chi connectivity index (χ2v) is 6.45. The SMILES string of the molecule is CCCOC1CCCN(C2CC(CC)CCC2N)C1. The summed E-state index contributed by atoms with van der Waals surface area (Å²) in [6.45, 7) is 7.74. The van der Waals surface area contributed by atoms with E-state index in [1.54, 1.807) is 0 Å². The maximum absolute atomic E-state index is 6.39. The highest BCUT2D eigenvalue weighted by atomic mass is 16.5. The number of likely N-dealkylation sites (tertiary alicyclic amines) is 1. The normalized spacial score (nSPS) is 37.4. The minimum absolute atomic E-state index is 0.382. The number of hydrogen-bond acceptors (Lipinski definition) is 3. The second kappa shape index (κ2) is 7.61. The molecule has 0 spiro atoms. The lowest BCUT2D eigenvalue weighted by Gasteiger charge is -2.44. The van der Waals surface area contributed by atoms with Gasteiger partial charge >= 0.3 is 0 Å². The lowest BCUT2D eigenvalue weighted by Crippen LogP contribution is -2.55. The predicted octanol–water partition coefficient (Wildman–Crippen LogP) is 2.78. The number of piperidine rings is 1. The Bertz CT molecular complexity index is 259. The maximum Gasteiger partial charge on any atom is 0.0702 e. The average molecular weight is 268 g/mol. The molecule has 2 rings (SSSR count). The van der Waals surface area contributed by atoms with Gasteiger partial charge in [0.25, 0.3) is 0 Å². The summed E-state index contributed by atoms with van der Waals surface area (Å²) in [6, 6.07) is 0.986. The van der Waals surface area contributed by atoms with Crippen LogP contribution in [0.2, 0.25) is 0 Å². The van der Waals surface area contributed by atoms with Gasteiger partial charge in [0.2, 0.25) is 0 Å². The predicted molar refractivity (Wildman–Crippen MR) is 80.2 cm³/mol. The average Bonchev–Trinajstić information content (AvgIpc) is 2.46. The van der Waals surface area contributed by atoms with Crippen molar-refractivity contribution in [2.75, 3.05) is 19.7 Å². The van der Waals surface area contributed by atoms with Crippen LogP contribution in [0, 0.1) is 5.92 Å². The number of nitrogens with two attached hydrogens (primary N) is 1. The van der Waals surface area contributed by atoms with Crippen molar-refractivity contribution in [3.63, 3.8) is 0 Å². The van der Waals surface area contributed by atoms with Crippen LogP contribution >= 0.6 is 0 Å². The highest BCUT2D eigenvalue weighted by Gasteiger charge is 2.34. The van der Waals surface area contributed by atoms with E-state index in [1.807, 2.05) is 0 Å². The molecule has 1 aliphatic heterocycles. The van der Waals surface area contributed by atoms with E-state index in [0.29, 0.717) is 18.2 Å². The number of hydrogen-bond donors (Lipinski definition) is 1. The molecule has 0 aromatic rings. The summed E-state index contributed by atoms with van der Waals surface area (Å²) in [5.74, 6) is 0.890. The van der Waals surface area contributed by atoms with Crippen LogP contribution in [0.4, 0.5) is 0 Å². The second-order valence-electron chi connectivity index (χ2n) is 6.45. The van der Waals surface area contributed by atoms with E-state index in [2.05, 4.69) is 18.7 Å². The van der Waals surface area contributed by atoms with Gasteiger partial charge in [0.05, 0.1) is 6.10 Å². The van der Waals surface area contributed by atoms with Gasteiger partial charge in [0.15, 0.2) is 0 Å². The Labute approximate surface area is 118 Å². The minimum atomic E-state index is 0.382. The molecule has 0 radical (unpaired) electrons. The third kappa shape index (κ3) is 4.17. The fourth-order valence-electron chi connectivity index (χ4n) is 3.73. The fourth-order valence-corrected chi connectivity index (χ4v) is 3.73. The molecule has 2 fully saturated rings. The molecule has 1 saturated heterocycles. The molecule has 2 N–H and O–H groups in total. The molecule has 1 aliphatic carbocycles. The molecule has 0 amide bonds. The Balaban J connectivity index is 1.88. The van der Waals surface area contributed by atoms with Crippen molar-refractivity contribution in [3.8, 4) is 0 Å². The summed E-state index contributed by atoms with van der Waals surface area (Å²) < 4.78 is 5.96. The van der Waals surface area contributed by atoms with E-state index in [1.165, 1.54) is 45.1 Å². The van der Waals surface area contributed by atoms with Gasteiger partial charge < -0.3 is 10.5 Å². The van der Waals surface area contributed by atoms with Crippen molar-refractivity contribution in [2.45, 2.75) is 77.0 Å². The van der Waals surface area contributed by atoms with Gasteiger partial charge in [-0.25, -0.2) is 0 Å². The molecule has 2 aliphatic rings. The van der Waals surface area contributed by atoms with E-state index in [9.17, 15) is 0 Å². The Hall–Kier alpha value is -0.120. The monoisotopic (exact) mass is 268 g/mol. The van der Waals surface area contributed by atoms with Crippen LogP contribution in [0.5, 0.6) is 0 Å². The minimum Gasteiger partial charge on any atom is -0.377 e. The number of rotatable bonds is 5. The van der Waals surface area contributed by atoms with Crippen LogP contribution in [-0.2, 0) is 4.74 Å². The van der Waals surface area contributed by atoms with Crippen LogP contribution in [0.1, 0.15) is 58.8 Å². The van der Waals surface area contributed by atoms with Crippen molar-refractivity contribution in [2.24, 2.45) is 11.7 Å². The van der Waals surface area contributed by atoms with E-state index in [4.69, 9.17) is 10.5 Å².